The van der Waals surface area contributed by atoms with Crippen LogP contribution < -0.4 is 5.32 Å². The van der Waals surface area contributed by atoms with Crippen LogP contribution in [0.15, 0.2) is 55.0 Å². The molecule has 0 unspecified atom stereocenters. The maximum Gasteiger partial charge on any atom is 0.183 e. The lowest BCUT2D eigenvalue weighted by molar-refractivity contribution is 1.17. The Morgan fingerprint density at radius 1 is 1.21 bits per heavy atom. The van der Waals surface area contributed by atoms with Crippen LogP contribution in [0.25, 0.3) is 16.9 Å². The zero-order valence-electron chi connectivity index (χ0n) is 12.4. The highest BCUT2D eigenvalue weighted by Gasteiger charge is 2.06. The van der Waals surface area contributed by atoms with Crippen LogP contribution in [0, 0.1) is 3.57 Å². The number of pyridine rings is 1. The molecule has 0 radical (unpaired) electrons. The van der Waals surface area contributed by atoms with Gasteiger partial charge in [-0.2, -0.15) is 0 Å². The van der Waals surface area contributed by atoms with Gasteiger partial charge < -0.3 is 9.72 Å². The van der Waals surface area contributed by atoms with Crippen molar-refractivity contribution in [2.75, 3.05) is 5.32 Å². The van der Waals surface area contributed by atoms with E-state index >= 15 is 0 Å². The second kappa shape index (κ2) is 6.70. The summed E-state index contributed by atoms with van der Waals surface area (Å²) < 4.78 is 3.80. The first-order chi connectivity index (χ1) is 11.7. The first-order valence-electron chi connectivity index (χ1n) is 7.26. The smallest absolute Gasteiger partial charge is 0.183 e. The third-order valence-electron chi connectivity index (χ3n) is 3.57. The third-order valence-corrected chi connectivity index (χ3v) is 5.32. The first kappa shape index (κ1) is 15.9. The molecule has 1 N–H and O–H groups in total. The average Bonchev–Trinajstić information content (AvgIpc) is 3.19. The Morgan fingerprint density at radius 2 is 2.12 bits per heavy atom. The van der Waals surface area contributed by atoms with Gasteiger partial charge in [-0.3, -0.25) is 0 Å². The Bertz CT molecular complexity index is 1010. The molecule has 120 valence electrons. The molecule has 0 aliphatic rings. The predicted molar refractivity (Wildman–Crippen MR) is 108 cm³/mol. The minimum atomic E-state index is 0.569. The van der Waals surface area contributed by atoms with Crippen LogP contribution in [-0.2, 0) is 6.54 Å². The molecule has 0 fully saturated rings. The molecule has 24 heavy (non-hydrogen) atoms. The van der Waals surface area contributed by atoms with Crippen molar-refractivity contribution in [3.05, 3.63) is 67.9 Å². The number of halogens is 2. The van der Waals surface area contributed by atoms with Gasteiger partial charge in [-0.15, -0.1) is 11.3 Å². The van der Waals surface area contributed by atoms with Crippen molar-refractivity contribution in [1.82, 2.24) is 14.4 Å². The standard InChI is InChI=1S/C17H12ClIN4S/c18-17-21-8-14(24-17)7-20-13-3-1-2-11(6-13)15-10-23-9-12(19)4-5-16(23)22-15/h1-6,8-10,20H,7H2. The lowest BCUT2D eigenvalue weighted by Gasteiger charge is -2.06. The van der Waals surface area contributed by atoms with Crippen LogP contribution in [0.4, 0.5) is 5.69 Å². The van der Waals surface area contributed by atoms with Crippen molar-refractivity contribution in [3.8, 4) is 11.3 Å². The topological polar surface area (TPSA) is 42.2 Å². The Labute approximate surface area is 161 Å². The fourth-order valence-electron chi connectivity index (χ4n) is 2.45. The van der Waals surface area contributed by atoms with Gasteiger partial charge in [-0.05, 0) is 46.9 Å². The summed E-state index contributed by atoms with van der Waals surface area (Å²) in [5.74, 6) is 0. The van der Waals surface area contributed by atoms with E-state index in [4.69, 9.17) is 16.6 Å². The highest BCUT2D eigenvalue weighted by molar-refractivity contribution is 14.1. The quantitative estimate of drug-likeness (QED) is 0.414. The lowest BCUT2D eigenvalue weighted by Crippen LogP contribution is -1.97. The molecular weight excluding hydrogens is 455 g/mol. The molecule has 0 atom stereocenters. The molecule has 4 nitrogen and oxygen atoms in total. The molecule has 0 saturated carbocycles. The van der Waals surface area contributed by atoms with Crippen LogP contribution in [0.3, 0.4) is 0 Å². The van der Waals surface area contributed by atoms with Gasteiger partial charge in [0.25, 0.3) is 0 Å². The van der Waals surface area contributed by atoms with E-state index in [1.54, 1.807) is 6.20 Å². The van der Waals surface area contributed by atoms with E-state index < -0.39 is 0 Å². The summed E-state index contributed by atoms with van der Waals surface area (Å²) in [6.07, 6.45) is 5.93. The van der Waals surface area contributed by atoms with Crippen LogP contribution in [0.5, 0.6) is 0 Å². The molecular formula is C17H12ClIN4S. The second-order valence-corrected chi connectivity index (χ2v) is 8.20. The van der Waals surface area contributed by atoms with E-state index in [1.807, 2.05) is 18.2 Å². The number of anilines is 1. The molecule has 0 aliphatic carbocycles. The van der Waals surface area contributed by atoms with Gasteiger partial charge >= 0.3 is 0 Å². The number of thiazole rings is 1. The second-order valence-electron chi connectivity index (χ2n) is 5.25. The fourth-order valence-corrected chi connectivity index (χ4v) is 3.84. The maximum absolute atomic E-state index is 5.87. The van der Waals surface area contributed by atoms with Gasteiger partial charge in [-0.1, -0.05) is 23.7 Å². The van der Waals surface area contributed by atoms with E-state index in [1.165, 1.54) is 14.9 Å². The molecule has 0 saturated heterocycles. The summed E-state index contributed by atoms with van der Waals surface area (Å²) in [5.41, 5.74) is 4.04. The van der Waals surface area contributed by atoms with Crippen molar-refractivity contribution >= 4 is 56.9 Å². The number of rotatable bonds is 4. The highest BCUT2D eigenvalue weighted by Crippen LogP contribution is 2.24. The zero-order chi connectivity index (χ0) is 16.5. The Balaban J connectivity index is 1.58. The predicted octanol–water partition coefficient (Wildman–Crippen LogP) is 5.33. The molecule has 0 amide bonds. The van der Waals surface area contributed by atoms with E-state index in [2.05, 4.69) is 67.9 Å². The summed E-state index contributed by atoms with van der Waals surface area (Å²) in [5, 5.41) is 3.40. The Morgan fingerprint density at radius 3 is 2.96 bits per heavy atom. The number of nitrogens with one attached hydrogen (secondary N) is 1. The van der Waals surface area contributed by atoms with Crippen molar-refractivity contribution in [3.63, 3.8) is 0 Å². The minimum Gasteiger partial charge on any atom is -0.380 e. The van der Waals surface area contributed by atoms with Crippen LogP contribution in [0.2, 0.25) is 4.47 Å². The maximum atomic E-state index is 5.87. The SMILES string of the molecule is Clc1ncc(CNc2cccc(-c3cn4cc(I)ccc4n3)c2)s1. The minimum absolute atomic E-state index is 0.569. The Kier molecular flexibility index (Phi) is 4.43. The molecule has 0 spiro atoms. The summed E-state index contributed by atoms with van der Waals surface area (Å²) in [6, 6.07) is 12.3. The molecule has 1 aromatic carbocycles. The van der Waals surface area contributed by atoms with Gasteiger partial charge in [0.2, 0.25) is 0 Å². The molecule has 3 aromatic heterocycles. The number of aromatic nitrogens is 3. The van der Waals surface area contributed by atoms with Crippen LogP contribution >= 0.6 is 45.5 Å². The van der Waals surface area contributed by atoms with Crippen LogP contribution in [-0.4, -0.2) is 14.4 Å². The van der Waals surface area contributed by atoms with Gasteiger partial charge in [0.15, 0.2) is 4.47 Å². The number of benzene rings is 1. The number of nitrogens with zero attached hydrogens (tertiary/aromatic N) is 3. The van der Waals surface area contributed by atoms with Crippen molar-refractivity contribution in [1.29, 1.82) is 0 Å². The summed E-state index contributed by atoms with van der Waals surface area (Å²) >= 11 is 9.66. The highest BCUT2D eigenvalue weighted by atomic mass is 127. The van der Waals surface area contributed by atoms with E-state index in [9.17, 15) is 0 Å². The summed E-state index contributed by atoms with van der Waals surface area (Å²) in [7, 11) is 0. The van der Waals surface area contributed by atoms with E-state index in [-0.39, 0.29) is 0 Å². The van der Waals surface area contributed by atoms with Crippen molar-refractivity contribution < 1.29 is 0 Å². The zero-order valence-corrected chi connectivity index (χ0v) is 16.1. The van der Waals surface area contributed by atoms with Gasteiger partial charge in [0, 0.05) is 38.3 Å². The molecule has 4 aromatic rings. The number of hydrogen-bond donors (Lipinski definition) is 1. The number of fused-ring (bicyclic) bond motifs is 1. The number of imidazole rings is 1. The molecule has 3 heterocycles. The normalized spacial score (nSPS) is 11.1. The van der Waals surface area contributed by atoms with Gasteiger partial charge in [0.05, 0.1) is 12.2 Å². The van der Waals surface area contributed by atoms with E-state index in [0.717, 1.165) is 27.5 Å². The molecule has 4 rings (SSSR count). The fraction of sp³-hybridized carbons (Fsp3) is 0.0588. The monoisotopic (exact) mass is 466 g/mol. The lowest BCUT2D eigenvalue weighted by atomic mass is 10.1. The van der Waals surface area contributed by atoms with Crippen molar-refractivity contribution in [2.24, 2.45) is 0 Å². The summed E-state index contributed by atoms with van der Waals surface area (Å²) in [6.45, 7) is 0.706. The van der Waals surface area contributed by atoms with E-state index in [0.29, 0.717) is 11.0 Å². The van der Waals surface area contributed by atoms with Crippen LogP contribution in [0.1, 0.15) is 4.88 Å². The van der Waals surface area contributed by atoms with Crippen molar-refractivity contribution in [2.45, 2.75) is 6.54 Å². The number of hydrogen-bond acceptors (Lipinski definition) is 4. The molecule has 0 bridgehead atoms. The largest absolute Gasteiger partial charge is 0.380 e. The Hall–Kier alpha value is -1.64. The molecule has 7 heteroatoms. The van der Waals surface area contributed by atoms with Gasteiger partial charge in [0.1, 0.15) is 5.65 Å². The first-order valence-corrected chi connectivity index (χ1v) is 9.53. The van der Waals surface area contributed by atoms with Gasteiger partial charge in [-0.25, -0.2) is 9.97 Å². The summed E-state index contributed by atoms with van der Waals surface area (Å²) in [4.78, 5) is 9.85. The third kappa shape index (κ3) is 3.40. The molecule has 0 aliphatic heterocycles. The average molecular weight is 467 g/mol.